The van der Waals surface area contributed by atoms with Crippen LogP contribution in [0.15, 0.2) is 35.0 Å². The summed E-state index contributed by atoms with van der Waals surface area (Å²) in [6.45, 7) is 3.88. The fraction of sp³-hybridized carbons (Fsp3) is 0.250. The van der Waals surface area contributed by atoms with E-state index in [0.29, 0.717) is 5.76 Å². The Kier molecular flexibility index (Phi) is 3.35. The molecular formula is C16H17N3O2. The van der Waals surface area contributed by atoms with Crippen LogP contribution in [0.5, 0.6) is 5.75 Å². The quantitative estimate of drug-likeness (QED) is 0.800. The van der Waals surface area contributed by atoms with E-state index >= 15 is 0 Å². The number of methoxy groups -OCH3 is 1. The first-order valence-corrected chi connectivity index (χ1v) is 6.72. The molecule has 5 heteroatoms. The molecule has 5 nitrogen and oxygen atoms in total. The molecule has 0 spiro atoms. The number of rotatable bonds is 3. The third-order valence-electron chi connectivity index (χ3n) is 3.68. The van der Waals surface area contributed by atoms with Gasteiger partial charge in [0.25, 0.3) is 0 Å². The van der Waals surface area contributed by atoms with Crippen molar-refractivity contribution in [3.05, 3.63) is 53.3 Å². The summed E-state index contributed by atoms with van der Waals surface area (Å²) >= 11 is 0. The molecule has 1 aromatic carbocycles. The molecule has 0 saturated carbocycles. The summed E-state index contributed by atoms with van der Waals surface area (Å²) in [6.07, 6.45) is 3.30. The van der Waals surface area contributed by atoms with Gasteiger partial charge in [0.1, 0.15) is 23.1 Å². The third-order valence-corrected chi connectivity index (χ3v) is 3.68. The third kappa shape index (κ3) is 2.25. The van der Waals surface area contributed by atoms with Gasteiger partial charge in [-0.15, -0.1) is 0 Å². The topological polar surface area (TPSA) is 74.2 Å². The van der Waals surface area contributed by atoms with Crippen LogP contribution in [0.3, 0.4) is 0 Å². The molecule has 0 aliphatic rings. The first-order chi connectivity index (χ1) is 10.1. The van der Waals surface area contributed by atoms with Crippen LogP contribution in [0.4, 0.5) is 0 Å². The maximum Gasteiger partial charge on any atom is 0.134 e. The predicted octanol–water partition coefficient (Wildman–Crippen LogP) is 2.90. The van der Waals surface area contributed by atoms with E-state index in [9.17, 15) is 0 Å². The molecule has 0 fully saturated rings. The average molecular weight is 283 g/mol. The first-order valence-electron chi connectivity index (χ1n) is 6.72. The molecule has 1 unspecified atom stereocenters. The van der Waals surface area contributed by atoms with Crippen LogP contribution in [0.25, 0.3) is 11.0 Å². The summed E-state index contributed by atoms with van der Waals surface area (Å²) in [4.78, 5) is 8.56. The Morgan fingerprint density at radius 1 is 1.19 bits per heavy atom. The van der Waals surface area contributed by atoms with Crippen LogP contribution in [0.2, 0.25) is 0 Å². The highest BCUT2D eigenvalue weighted by Crippen LogP contribution is 2.33. The van der Waals surface area contributed by atoms with Crippen LogP contribution in [-0.2, 0) is 0 Å². The average Bonchev–Trinajstić information content (AvgIpc) is 2.83. The van der Waals surface area contributed by atoms with Gasteiger partial charge in [0, 0.05) is 23.3 Å². The molecule has 0 amide bonds. The molecule has 3 rings (SSSR count). The Balaban J connectivity index is 2.12. The van der Waals surface area contributed by atoms with Gasteiger partial charge >= 0.3 is 0 Å². The molecule has 3 aromatic rings. The summed E-state index contributed by atoms with van der Waals surface area (Å²) in [7, 11) is 1.64. The molecule has 1 atom stereocenters. The number of furan rings is 1. The summed E-state index contributed by atoms with van der Waals surface area (Å²) in [5.41, 5.74) is 9.65. The number of hydrogen-bond acceptors (Lipinski definition) is 5. The second-order valence-corrected chi connectivity index (χ2v) is 4.96. The first kappa shape index (κ1) is 13.6. The van der Waals surface area contributed by atoms with Gasteiger partial charge in [-0.3, -0.25) is 9.97 Å². The second-order valence-electron chi connectivity index (χ2n) is 4.96. The van der Waals surface area contributed by atoms with Gasteiger partial charge in [0.15, 0.2) is 0 Å². The molecule has 0 aliphatic heterocycles. The maximum atomic E-state index is 6.32. The molecule has 2 N–H and O–H groups in total. The van der Waals surface area contributed by atoms with Crippen LogP contribution in [0, 0.1) is 13.8 Å². The highest BCUT2D eigenvalue weighted by molar-refractivity contribution is 5.83. The summed E-state index contributed by atoms with van der Waals surface area (Å²) < 4.78 is 11.2. The molecule has 0 saturated heterocycles. The predicted molar refractivity (Wildman–Crippen MR) is 80.3 cm³/mol. The van der Waals surface area contributed by atoms with E-state index in [1.165, 1.54) is 0 Å². The minimum absolute atomic E-state index is 0.433. The standard InChI is InChI=1S/C16H17N3O2/c1-9-12-8-11(20-3)4-5-13(12)21-16(9)14(17)15-10(2)18-6-7-19-15/h4-8,14H,17H2,1-3H3. The lowest BCUT2D eigenvalue weighted by molar-refractivity contribution is 0.415. The SMILES string of the molecule is COc1ccc2oc(C(N)c3nccnc3C)c(C)c2c1. The number of fused-ring (bicyclic) bond motifs is 1. The van der Waals surface area contributed by atoms with Gasteiger partial charge in [-0.05, 0) is 32.0 Å². The Morgan fingerprint density at radius 2 is 1.95 bits per heavy atom. The normalized spacial score (nSPS) is 12.6. The van der Waals surface area contributed by atoms with E-state index in [-0.39, 0.29) is 0 Å². The smallest absolute Gasteiger partial charge is 0.134 e. The lowest BCUT2D eigenvalue weighted by Gasteiger charge is -2.11. The van der Waals surface area contributed by atoms with Crippen molar-refractivity contribution >= 4 is 11.0 Å². The van der Waals surface area contributed by atoms with E-state index in [2.05, 4.69) is 9.97 Å². The van der Waals surface area contributed by atoms with E-state index in [1.54, 1.807) is 19.5 Å². The highest BCUT2D eigenvalue weighted by Gasteiger charge is 2.21. The molecule has 0 radical (unpaired) electrons. The Hall–Kier alpha value is -2.40. The molecular weight excluding hydrogens is 266 g/mol. The van der Waals surface area contributed by atoms with Gasteiger partial charge < -0.3 is 14.9 Å². The van der Waals surface area contributed by atoms with Crippen LogP contribution in [0.1, 0.15) is 28.8 Å². The Morgan fingerprint density at radius 3 is 2.67 bits per heavy atom. The van der Waals surface area contributed by atoms with Crippen LogP contribution >= 0.6 is 0 Å². The molecule has 0 aliphatic carbocycles. The van der Waals surface area contributed by atoms with Crippen molar-refractivity contribution in [2.24, 2.45) is 5.73 Å². The van der Waals surface area contributed by atoms with Gasteiger partial charge in [-0.2, -0.15) is 0 Å². The Bertz CT molecular complexity index is 795. The molecule has 2 heterocycles. The van der Waals surface area contributed by atoms with E-state index < -0.39 is 6.04 Å². The van der Waals surface area contributed by atoms with Crippen molar-refractivity contribution in [2.45, 2.75) is 19.9 Å². The zero-order valence-electron chi connectivity index (χ0n) is 12.3. The van der Waals surface area contributed by atoms with Gasteiger partial charge in [-0.25, -0.2) is 0 Å². The largest absolute Gasteiger partial charge is 0.497 e. The maximum absolute atomic E-state index is 6.32. The molecule has 0 bridgehead atoms. The number of hydrogen-bond donors (Lipinski definition) is 1. The van der Waals surface area contributed by atoms with Crippen molar-refractivity contribution in [3.8, 4) is 5.75 Å². The Labute approximate surface area is 122 Å². The van der Waals surface area contributed by atoms with Gasteiger partial charge in [0.05, 0.1) is 18.5 Å². The van der Waals surface area contributed by atoms with Crippen molar-refractivity contribution in [1.29, 1.82) is 0 Å². The van der Waals surface area contributed by atoms with Crippen molar-refractivity contribution < 1.29 is 9.15 Å². The highest BCUT2D eigenvalue weighted by atomic mass is 16.5. The molecule has 2 aromatic heterocycles. The summed E-state index contributed by atoms with van der Waals surface area (Å²) in [5.74, 6) is 1.50. The number of benzene rings is 1. The van der Waals surface area contributed by atoms with Crippen molar-refractivity contribution in [3.63, 3.8) is 0 Å². The minimum atomic E-state index is -0.433. The number of aromatic nitrogens is 2. The fourth-order valence-corrected chi connectivity index (χ4v) is 2.49. The van der Waals surface area contributed by atoms with Gasteiger partial charge in [-0.1, -0.05) is 0 Å². The number of nitrogens with two attached hydrogens (primary N) is 1. The number of ether oxygens (including phenoxy) is 1. The van der Waals surface area contributed by atoms with Crippen LogP contribution < -0.4 is 10.5 Å². The van der Waals surface area contributed by atoms with Crippen molar-refractivity contribution in [1.82, 2.24) is 9.97 Å². The van der Waals surface area contributed by atoms with E-state index in [1.807, 2.05) is 32.0 Å². The van der Waals surface area contributed by atoms with Gasteiger partial charge in [0.2, 0.25) is 0 Å². The summed E-state index contributed by atoms with van der Waals surface area (Å²) in [5, 5.41) is 1.00. The fourth-order valence-electron chi connectivity index (χ4n) is 2.49. The lowest BCUT2D eigenvalue weighted by Crippen LogP contribution is -2.15. The minimum Gasteiger partial charge on any atom is -0.497 e. The van der Waals surface area contributed by atoms with Crippen LogP contribution in [-0.4, -0.2) is 17.1 Å². The zero-order chi connectivity index (χ0) is 15.0. The number of nitrogens with zero attached hydrogens (tertiary/aromatic N) is 2. The van der Waals surface area contributed by atoms with Crippen molar-refractivity contribution in [2.75, 3.05) is 7.11 Å². The lowest BCUT2D eigenvalue weighted by atomic mass is 10.0. The molecule has 108 valence electrons. The van der Waals surface area contributed by atoms with E-state index in [4.69, 9.17) is 14.9 Å². The van der Waals surface area contributed by atoms with E-state index in [0.717, 1.165) is 33.7 Å². The monoisotopic (exact) mass is 283 g/mol. The zero-order valence-corrected chi connectivity index (χ0v) is 12.3. The number of aryl methyl sites for hydroxylation is 2. The molecule has 21 heavy (non-hydrogen) atoms. The second kappa shape index (κ2) is 5.18. The summed E-state index contributed by atoms with van der Waals surface area (Å²) in [6, 6.07) is 5.28.